The number of hydrogen-bond acceptors (Lipinski definition) is 2. The summed E-state index contributed by atoms with van der Waals surface area (Å²) in [5, 5.41) is 1.31. The van der Waals surface area contributed by atoms with Crippen LogP contribution >= 0.6 is 48.0 Å². The maximum absolute atomic E-state index is 6.08. The highest BCUT2D eigenvalue weighted by Gasteiger charge is 2.15. The number of nitrogens with zero attached hydrogens (tertiary/aromatic N) is 1. The van der Waals surface area contributed by atoms with Crippen LogP contribution in [0.1, 0.15) is 11.6 Å². The number of likely N-dealkylation sites (N-methyl/N-ethyl adjacent to an activating group) is 1. The molecular weight excluding hydrogens is 290 g/mol. The van der Waals surface area contributed by atoms with Crippen molar-refractivity contribution >= 4 is 48.0 Å². The monoisotopic (exact) mass is 304 g/mol. The molecule has 0 bridgehead atoms. The molecule has 0 heterocycles. The third kappa shape index (κ3) is 4.66. The third-order valence-corrected chi connectivity index (χ3v) is 2.73. The molecule has 2 nitrogen and oxygen atoms in total. The molecule has 0 amide bonds. The van der Waals surface area contributed by atoms with Crippen LogP contribution in [-0.2, 0) is 0 Å². The molecule has 0 radical (unpaired) electrons. The van der Waals surface area contributed by atoms with Gasteiger partial charge in [0.05, 0.1) is 0 Å². The zero-order valence-electron chi connectivity index (χ0n) is 9.11. The first-order valence-corrected chi connectivity index (χ1v) is 5.13. The van der Waals surface area contributed by atoms with Crippen molar-refractivity contribution in [3.05, 3.63) is 33.8 Å². The predicted molar refractivity (Wildman–Crippen MR) is 76.4 cm³/mol. The van der Waals surface area contributed by atoms with Crippen LogP contribution in [0.15, 0.2) is 18.2 Å². The van der Waals surface area contributed by atoms with Crippen molar-refractivity contribution in [2.75, 3.05) is 20.6 Å². The molecule has 1 rings (SSSR count). The van der Waals surface area contributed by atoms with Crippen molar-refractivity contribution in [1.82, 2.24) is 4.90 Å². The smallest absolute Gasteiger partial charge is 0.0479 e. The molecule has 0 fully saturated rings. The van der Waals surface area contributed by atoms with Crippen molar-refractivity contribution < 1.29 is 0 Å². The largest absolute Gasteiger partial charge is 0.329 e. The van der Waals surface area contributed by atoms with Gasteiger partial charge in [-0.1, -0.05) is 29.3 Å². The maximum Gasteiger partial charge on any atom is 0.0479 e. The molecule has 1 aromatic rings. The lowest BCUT2D eigenvalue weighted by molar-refractivity contribution is 0.306. The van der Waals surface area contributed by atoms with E-state index in [2.05, 4.69) is 0 Å². The number of benzene rings is 1. The minimum Gasteiger partial charge on any atom is -0.329 e. The highest BCUT2D eigenvalue weighted by atomic mass is 35.5. The van der Waals surface area contributed by atoms with Crippen LogP contribution in [0.3, 0.4) is 0 Å². The lowest BCUT2D eigenvalue weighted by Crippen LogP contribution is -2.27. The first-order valence-electron chi connectivity index (χ1n) is 4.37. The number of nitrogens with two attached hydrogens (primary N) is 1. The maximum atomic E-state index is 6.08. The lowest BCUT2D eigenvalue weighted by Gasteiger charge is -2.24. The molecule has 1 unspecified atom stereocenters. The van der Waals surface area contributed by atoms with Crippen molar-refractivity contribution in [2.24, 2.45) is 5.73 Å². The van der Waals surface area contributed by atoms with E-state index in [4.69, 9.17) is 28.9 Å². The van der Waals surface area contributed by atoms with E-state index >= 15 is 0 Å². The number of halogens is 4. The molecule has 0 aromatic heterocycles. The Morgan fingerprint density at radius 1 is 1.25 bits per heavy atom. The van der Waals surface area contributed by atoms with Gasteiger partial charge in [-0.05, 0) is 31.8 Å². The Morgan fingerprint density at radius 2 is 1.81 bits per heavy atom. The van der Waals surface area contributed by atoms with E-state index in [1.807, 2.05) is 31.1 Å². The second-order valence-electron chi connectivity index (χ2n) is 3.38. The van der Waals surface area contributed by atoms with E-state index in [0.29, 0.717) is 16.6 Å². The SMILES string of the molecule is CN(C)C(CN)c1ccc(Cl)cc1Cl.Cl.Cl. The van der Waals surface area contributed by atoms with Gasteiger partial charge in [-0.15, -0.1) is 24.8 Å². The molecule has 0 aliphatic rings. The average molecular weight is 306 g/mol. The van der Waals surface area contributed by atoms with Crippen molar-refractivity contribution in [1.29, 1.82) is 0 Å². The van der Waals surface area contributed by atoms with Gasteiger partial charge in [-0.2, -0.15) is 0 Å². The van der Waals surface area contributed by atoms with E-state index in [0.717, 1.165) is 5.56 Å². The van der Waals surface area contributed by atoms with Crippen LogP contribution in [-0.4, -0.2) is 25.5 Å². The second-order valence-corrected chi connectivity index (χ2v) is 4.22. The summed E-state index contributed by atoms with van der Waals surface area (Å²) in [5.41, 5.74) is 6.70. The molecule has 0 saturated carbocycles. The van der Waals surface area contributed by atoms with Crippen LogP contribution in [0.5, 0.6) is 0 Å². The van der Waals surface area contributed by atoms with Gasteiger partial charge < -0.3 is 10.6 Å². The Kier molecular flexibility index (Phi) is 9.80. The van der Waals surface area contributed by atoms with E-state index in [-0.39, 0.29) is 30.9 Å². The van der Waals surface area contributed by atoms with Crippen LogP contribution < -0.4 is 5.73 Å². The molecule has 0 spiro atoms. The predicted octanol–water partition coefficient (Wildman–Crippen LogP) is 3.40. The van der Waals surface area contributed by atoms with E-state index in [1.165, 1.54) is 0 Å². The Labute approximate surface area is 119 Å². The van der Waals surface area contributed by atoms with E-state index < -0.39 is 0 Å². The van der Waals surface area contributed by atoms with Gasteiger partial charge in [0.25, 0.3) is 0 Å². The molecule has 0 saturated heterocycles. The Hall–Kier alpha value is 0.300. The first kappa shape index (κ1) is 18.7. The molecule has 16 heavy (non-hydrogen) atoms. The highest BCUT2D eigenvalue weighted by Crippen LogP contribution is 2.27. The van der Waals surface area contributed by atoms with Gasteiger partial charge in [0.15, 0.2) is 0 Å². The minimum absolute atomic E-state index is 0. The fourth-order valence-electron chi connectivity index (χ4n) is 1.39. The summed E-state index contributed by atoms with van der Waals surface area (Å²) in [5.74, 6) is 0. The molecule has 1 atom stereocenters. The molecule has 1 aromatic carbocycles. The van der Waals surface area contributed by atoms with E-state index in [9.17, 15) is 0 Å². The molecule has 94 valence electrons. The summed E-state index contributed by atoms with van der Waals surface area (Å²) in [7, 11) is 3.95. The summed E-state index contributed by atoms with van der Waals surface area (Å²) < 4.78 is 0. The second kappa shape index (κ2) is 8.40. The fraction of sp³-hybridized carbons (Fsp3) is 0.400. The Bertz CT molecular complexity index is 318. The zero-order chi connectivity index (χ0) is 10.7. The quantitative estimate of drug-likeness (QED) is 0.927. The van der Waals surface area contributed by atoms with Crippen molar-refractivity contribution in [3.8, 4) is 0 Å². The van der Waals surface area contributed by atoms with Gasteiger partial charge >= 0.3 is 0 Å². The highest BCUT2D eigenvalue weighted by molar-refractivity contribution is 6.35. The van der Waals surface area contributed by atoms with Gasteiger partial charge in [-0.3, -0.25) is 0 Å². The van der Waals surface area contributed by atoms with Crippen molar-refractivity contribution in [3.63, 3.8) is 0 Å². The van der Waals surface area contributed by atoms with Gasteiger partial charge in [0, 0.05) is 22.6 Å². The molecule has 0 aliphatic heterocycles. The topological polar surface area (TPSA) is 29.3 Å². The van der Waals surface area contributed by atoms with Gasteiger partial charge in [0.2, 0.25) is 0 Å². The summed E-state index contributed by atoms with van der Waals surface area (Å²) in [6, 6.07) is 5.63. The third-order valence-electron chi connectivity index (χ3n) is 2.17. The molecule has 0 aliphatic carbocycles. The average Bonchev–Trinajstić information content (AvgIpc) is 2.09. The van der Waals surface area contributed by atoms with Gasteiger partial charge in [0.1, 0.15) is 0 Å². The zero-order valence-corrected chi connectivity index (χ0v) is 12.3. The van der Waals surface area contributed by atoms with Crippen LogP contribution in [0.2, 0.25) is 10.0 Å². The molecule has 2 N–H and O–H groups in total. The summed E-state index contributed by atoms with van der Waals surface area (Å²) in [4.78, 5) is 2.04. The summed E-state index contributed by atoms with van der Waals surface area (Å²) in [6.45, 7) is 0.536. The summed E-state index contributed by atoms with van der Waals surface area (Å²) >= 11 is 11.9. The minimum atomic E-state index is 0. The molecule has 6 heteroatoms. The fourth-order valence-corrected chi connectivity index (χ4v) is 1.92. The van der Waals surface area contributed by atoms with Crippen LogP contribution in [0, 0.1) is 0 Å². The first-order chi connectivity index (χ1) is 6.56. The van der Waals surface area contributed by atoms with Crippen LogP contribution in [0.25, 0.3) is 0 Å². The number of hydrogen-bond donors (Lipinski definition) is 1. The Balaban J connectivity index is 0. The van der Waals surface area contributed by atoms with Crippen LogP contribution in [0.4, 0.5) is 0 Å². The van der Waals surface area contributed by atoms with Gasteiger partial charge in [-0.25, -0.2) is 0 Å². The lowest BCUT2D eigenvalue weighted by atomic mass is 10.1. The normalized spacial score (nSPS) is 11.6. The van der Waals surface area contributed by atoms with E-state index in [1.54, 1.807) is 6.07 Å². The van der Waals surface area contributed by atoms with Crippen molar-refractivity contribution in [2.45, 2.75) is 6.04 Å². The number of rotatable bonds is 3. The standard InChI is InChI=1S/C10H14Cl2N2.2ClH/c1-14(2)10(6-13)8-4-3-7(11)5-9(8)12;;/h3-5,10H,6,13H2,1-2H3;2*1H. The Morgan fingerprint density at radius 3 is 2.19 bits per heavy atom. The summed E-state index contributed by atoms with van der Waals surface area (Å²) in [6.07, 6.45) is 0. The molecular formula is C10H16Cl4N2.